The summed E-state index contributed by atoms with van der Waals surface area (Å²) in [7, 11) is -1.89. The van der Waals surface area contributed by atoms with Crippen molar-refractivity contribution in [3.05, 3.63) is 0 Å². The Morgan fingerprint density at radius 3 is 1.95 bits per heavy atom. The summed E-state index contributed by atoms with van der Waals surface area (Å²) in [6.45, 7) is 6.51. The molecule has 0 rings (SSSR count). The Hall–Kier alpha value is -0.210. The van der Waals surface area contributed by atoms with Gasteiger partial charge in [0, 0.05) is 12.5 Å². The smallest absolute Gasteiger partial charge is 0.209 e. The van der Waals surface area contributed by atoms with Crippen LogP contribution in [0.5, 0.6) is 0 Å². The third-order valence-corrected chi connectivity index (χ3v) is 4.29. The van der Waals surface area contributed by atoms with Gasteiger partial charge in [0.15, 0.2) is 0 Å². The van der Waals surface area contributed by atoms with E-state index in [0.717, 1.165) is 25.7 Å². The minimum atomic E-state index is -3.51. The van der Waals surface area contributed by atoms with Gasteiger partial charge in [0.1, 0.15) is 0 Å². The van der Waals surface area contributed by atoms with Crippen LogP contribution >= 0.6 is 0 Å². The highest BCUT2D eigenvalue weighted by atomic mass is 32.2. The third kappa shape index (κ3) is 11.1. The lowest BCUT2D eigenvalue weighted by atomic mass is 9.82. The molecule has 0 saturated carbocycles. The average Bonchev–Trinajstić information content (AvgIpc) is 2.36. The van der Waals surface area contributed by atoms with Crippen molar-refractivity contribution < 1.29 is 22.6 Å². The van der Waals surface area contributed by atoms with Crippen LogP contribution in [0.1, 0.15) is 39.5 Å². The SMILES string of the molecule is CCCC(CCC)(COCCOCCOC)CS(N)(=O)=O. The number of nitrogens with two attached hydrogens (primary N) is 1. The second-order valence-corrected chi connectivity index (χ2v) is 7.08. The predicted molar refractivity (Wildman–Crippen MR) is 83.7 cm³/mol. The van der Waals surface area contributed by atoms with Crippen molar-refractivity contribution in [2.75, 3.05) is 45.9 Å². The van der Waals surface area contributed by atoms with E-state index in [-0.39, 0.29) is 11.2 Å². The fraction of sp³-hybridized carbons (Fsp3) is 1.00. The van der Waals surface area contributed by atoms with Crippen LogP contribution in [0.4, 0.5) is 0 Å². The van der Waals surface area contributed by atoms with Crippen LogP contribution in [-0.2, 0) is 24.2 Å². The molecule has 0 spiro atoms. The van der Waals surface area contributed by atoms with Gasteiger partial charge in [-0.05, 0) is 12.8 Å². The Labute approximate surface area is 129 Å². The minimum absolute atomic E-state index is 0.0216. The summed E-state index contributed by atoms with van der Waals surface area (Å²) < 4.78 is 38.8. The highest BCUT2D eigenvalue weighted by molar-refractivity contribution is 7.89. The zero-order chi connectivity index (χ0) is 16.2. The first-order valence-electron chi connectivity index (χ1n) is 7.54. The number of hydrogen-bond acceptors (Lipinski definition) is 5. The second-order valence-electron chi connectivity index (χ2n) is 5.46. The van der Waals surface area contributed by atoms with Gasteiger partial charge < -0.3 is 14.2 Å². The van der Waals surface area contributed by atoms with Crippen LogP contribution in [-0.4, -0.2) is 54.3 Å². The Kier molecular flexibility index (Phi) is 11.3. The molecule has 0 saturated heterocycles. The van der Waals surface area contributed by atoms with Crippen LogP contribution in [0.25, 0.3) is 0 Å². The van der Waals surface area contributed by atoms with Crippen molar-refractivity contribution in [2.45, 2.75) is 39.5 Å². The van der Waals surface area contributed by atoms with E-state index < -0.39 is 10.0 Å². The lowest BCUT2D eigenvalue weighted by molar-refractivity contribution is -0.00507. The first kappa shape index (κ1) is 20.8. The monoisotopic (exact) mass is 325 g/mol. The van der Waals surface area contributed by atoms with Gasteiger partial charge in [-0.25, -0.2) is 13.6 Å². The minimum Gasteiger partial charge on any atom is -0.382 e. The number of primary sulfonamides is 1. The molecule has 6 nitrogen and oxygen atoms in total. The Bertz CT molecular complexity index is 339. The molecule has 0 aromatic heterocycles. The molecule has 0 heterocycles. The van der Waals surface area contributed by atoms with Crippen molar-refractivity contribution in [3.8, 4) is 0 Å². The first-order chi connectivity index (χ1) is 9.89. The predicted octanol–water partition coefficient (Wildman–Crippen LogP) is 1.54. The van der Waals surface area contributed by atoms with Gasteiger partial charge in [-0.15, -0.1) is 0 Å². The molecule has 0 aromatic carbocycles. The molecule has 128 valence electrons. The average molecular weight is 325 g/mol. The maximum absolute atomic E-state index is 11.5. The molecule has 0 aliphatic carbocycles. The second kappa shape index (κ2) is 11.4. The van der Waals surface area contributed by atoms with Crippen molar-refractivity contribution in [2.24, 2.45) is 10.6 Å². The van der Waals surface area contributed by atoms with Gasteiger partial charge >= 0.3 is 0 Å². The van der Waals surface area contributed by atoms with Gasteiger partial charge in [-0.3, -0.25) is 0 Å². The van der Waals surface area contributed by atoms with Crippen molar-refractivity contribution in [1.29, 1.82) is 0 Å². The molecule has 0 aromatic rings. The molecular formula is C14H31NO5S. The Balaban J connectivity index is 4.32. The number of sulfonamides is 1. The van der Waals surface area contributed by atoms with E-state index in [9.17, 15) is 8.42 Å². The van der Waals surface area contributed by atoms with Crippen LogP contribution < -0.4 is 5.14 Å². The van der Waals surface area contributed by atoms with Gasteiger partial charge in [0.25, 0.3) is 0 Å². The summed E-state index contributed by atoms with van der Waals surface area (Å²) in [5, 5.41) is 5.25. The van der Waals surface area contributed by atoms with E-state index in [1.54, 1.807) is 7.11 Å². The number of methoxy groups -OCH3 is 1. The highest BCUT2D eigenvalue weighted by Crippen LogP contribution is 2.31. The van der Waals surface area contributed by atoms with E-state index in [2.05, 4.69) is 0 Å². The fourth-order valence-electron chi connectivity index (χ4n) is 2.59. The lowest BCUT2D eigenvalue weighted by Crippen LogP contribution is -2.38. The summed E-state index contributed by atoms with van der Waals surface area (Å²) in [4.78, 5) is 0. The number of rotatable bonds is 14. The van der Waals surface area contributed by atoms with Crippen molar-refractivity contribution in [3.63, 3.8) is 0 Å². The van der Waals surface area contributed by atoms with Gasteiger partial charge in [-0.2, -0.15) is 0 Å². The summed E-state index contributed by atoms with van der Waals surface area (Å²) in [6.07, 6.45) is 3.40. The highest BCUT2D eigenvalue weighted by Gasteiger charge is 2.33. The molecule has 0 bridgehead atoms. The molecule has 7 heteroatoms. The van der Waals surface area contributed by atoms with Gasteiger partial charge in [0.05, 0.1) is 38.8 Å². The molecule has 0 radical (unpaired) electrons. The molecule has 0 atom stereocenters. The normalized spacial score (nSPS) is 12.8. The first-order valence-corrected chi connectivity index (χ1v) is 9.25. The van der Waals surface area contributed by atoms with E-state index in [1.807, 2.05) is 13.8 Å². The topological polar surface area (TPSA) is 87.8 Å². The fourth-order valence-corrected chi connectivity index (χ4v) is 3.82. The van der Waals surface area contributed by atoms with Gasteiger partial charge in [0.2, 0.25) is 10.0 Å². The number of hydrogen-bond donors (Lipinski definition) is 1. The Morgan fingerprint density at radius 1 is 0.952 bits per heavy atom. The van der Waals surface area contributed by atoms with Crippen LogP contribution in [0.15, 0.2) is 0 Å². The largest absolute Gasteiger partial charge is 0.382 e. The summed E-state index contributed by atoms with van der Waals surface area (Å²) in [6, 6.07) is 0. The van der Waals surface area contributed by atoms with E-state index in [4.69, 9.17) is 19.3 Å². The number of ether oxygens (including phenoxy) is 3. The molecule has 0 aliphatic rings. The molecule has 0 fully saturated rings. The maximum Gasteiger partial charge on any atom is 0.209 e. The van der Waals surface area contributed by atoms with Crippen molar-refractivity contribution in [1.82, 2.24) is 0 Å². The zero-order valence-electron chi connectivity index (χ0n) is 13.6. The molecule has 0 unspecified atom stereocenters. The summed E-state index contributed by atoms with van der Waals surface area (Å²) >= 11 is 0. The maximum atomic E-state index is 11.5. The van der Waals surface area contributed by atoms with Crippen molar-refractivity contribution >= 4 is 10.0 Å². The van der Waals surface area contributed by atoms with Crippen LogP contribution in [0.2, 0.25) is 0 Å². The quantitative estimate of drug-likeness (QED) is 0.489. The van der Waals surface area contributed by atoms with E-state index in [0.29, 0.717) is 33.0 Å². The standard InChI is InChI=1S/C14H31NO5S/c1-4-6-14(7-5-2,13-21(15,16)17)12-20-11-10-19-9-8-18-3/h4-13H2,1-3H3,(H2,15,16,17). The third-order valence-electron chi connectivity index (χ3n) is 3.28. The molecule has 21 heavy (non-hydrogen) atoms. The van der Waals surface area contributed by atoms with E-state index in [1.165, 1.54) is 0 Å². The van der Waals surface area contributed by atoms with Gasteiger partial charge in [-0.1, -0.05) is 26.7 Å². The summed E-state index contributed by atoms with van der Waals surface area (Å²) in [5.74, 6) is -0.0216. The zero-order valence-corrected chi connectivity index (χ0v) is 14.4. The molecule has 0 amide bonds. The molecule has 0 aliphatic heterocycles. The summed E-state index contributed by atoms with van der Waals surface area (Å²) in [5.41, 5.74) is -0.385. The van der Waals surface area contributed by atoms with Crippen LogP contribution in [0.3, 0.4) is 0 Å². The molecule has 2 N–H and O–H groups in total. The lowest BCUT2D eigenvalue weighted by Gasteiger charge is -2.32. The Morgan fingerprint density at radius 2 is 1.48 bits per heavy atom. The van der Waals surface area contributed by atoms with Crippen LogP contribution in [0, 0.1) is 5.41 Å². The molecular weight excluding hydrogens is 294 g/mol. The van der Waals surface area contributed by atoms with E-state index >= 15 is 0 Å².